The fraction of sp³-hybridized carbons (Fsp3) is 0.318. The second kappa shape index (κ2) is 11.4. The van der Waals surface area contributed by atoms with Crippen molar-refractivity contribution in [1.82, 2.24) is 0 Å². The van der Waals surface area contributed by atoms with Gasteiger partial charge in [0.25, 0.3) is 0 Å². The van der Waals surface area contributed by atoms with Crippen LogP contribution in [0, 0.1) is 0 Å². The highest BCUT2D eigenvalue weighted by molar-refractivity contribution is 7.86. The second-order valence-corrected chi connectivity index (χ2v) is 8.09. The molecule has 0 bridgehead atoms. The minimum absolute atomic E-state index is 0.284. The Balaban J connectivity index is 1.83. The number of benzene rings is 2. The van der Waals surface area contributed by atoms with Crippen LogP contribution >= 0.6 is 0 Å². The van der Waals surface area contributed by atoms with Gasteiger partial charge in [0.15, 0.2) is 6.10 Å². The molecule has 2 aromatic carbocycles. The molecule has 162 valence electrons. The molecule has 0 aliphatic heterocycles. The van der Waals surface area contributed by atoms with Gasteiger partial charge in [-0.05, 0) is 42.3 Å². The summed E-state index contributed by atoms with van der Waals surface area (Å²) in [7, 11) is -2.02. The van der Waals surface area contributed by atoms with E-state index in [-0.39, 0.29) is 11.7 Å². The van der Waals surface area contributed by atoms with Gasteiger partial charge in [0.2, 0.25) is 0 Å². The first-order chi connectivity index (χ1) is 14.3. The summed E-state index contributed by atoms with van der Waals surface area (Å²) in [5, 5.41) is 3.28. The van der Waals surface area contributed by atoms with Gasteiger partial charge in [-0.1, -0.05) is 36.4 Å². The fourth-order valence-electron chi connectivity index (χ4n) is 2.65. The zero-order valence-corrected chi connectivity index (χ0v) is 18.1. The van der Waals surface area contributed by atoms with E-state index in [2.05, 4.69) is 5.32 Å². The lowest BCUT2D eigenvalue weighted by atomic mass is 10.1. The molecule has 7 nitrogen and oxygen atoms in total. The molecule has 8 heteroatoms. The maximum absolute atomic E-state index is 11.8. The van der Waals surface area contributed by atoms with Gasteiger partial charge in [0.05, 0.1) is 12.9 Å². The van der Waals surface area contributed by atoms with Gasteiger partial charge in [0.1, 0.15) is 5.75 Å². The van der Waals surface area contributed by atoms with Crippen molar-refractivity contribution in [1.29, 1.82) is 0 Å². The average Bonchev–Trinajstić information content (AvgIpc) is 2.70. The minimum atomic E-state index is -3.52. The van der Waals surface area contributed by atoms with Crippen LogP contribution in [0.3, 0.4) is 0 Å². The summed E-state index contributed by atoms with van der Waals surface area (Å²) >= 11 is 0. The molecule has 0 aromatic heterocycles. The summed E-state index contributed by atoms with van der Waals surface area (Å²) in [6.45, 7) is 2.71. The smallest absolute Gasteiger partial charge is 0.335 e. The predicted octanol–water partition coefficient (Wildman–Crippen LogP) is 3.27. The standard InChI is InChI=1S/C22H27NO6S/c1-4-28-22(24)21(27-2)16-18-7-11-19(12-8-18)23-15-5-6-17-9-13-20(14-10-17)29-30(3,25)26/h5-14,21,23H,4,15-16H2,1-3H3/b6-5+/t21-/m1/s1. The lowest BCUT2D eigenvalue weighted by molar-refractivity contribution is -0.154. The van der Waals surface area contributed by atoms with E-state index >= 15 is 0 Å². The Morgan fingerprint density at radius 2 is 1.77 bits per heavy atom. The number of carbonyl (C=O) groups is 1. The third-order valence-electron chi connectivity index (χ3n) is 4.07. The fourth-order valence-corrected chi connectivity index (χ4v) is 3.11. The molecule has 0 saturated heterocycles. The Bertz CT molecular complexity index is 937. The molecule has 0 aliphatic carbocycles. The molecule has 1 atom stereocenters. The number of carbonyl (C=O) groups excluding carboxylic acids is 1. The molecule has 0 fully saturated rings. The molecule has 0 heterocycles. The molecule has 0 spiro atoms. The predicted molar refractivity (Wildman–Crippen MR) is 117 cm³/mol. The van der Waals surface area contributed by atoms with Crippen LogP contribution in [0.1, 0.15) is 18.1 Å². The Hall–Kier alpha value is -2.84. The highest BCUT2D eigenvalue weighted by Gasteiger charge is 2.19. The van der Waals surface area contributed by atoms with Crippen molar-refractivity contribution in [2.45, 2.75) is 19.4 Å². The summed E-state index contributed by atoms with van der Waals surface area (Å²) in [4.78, 5) is 11.8. The molecule has 2 aromatic rings. The van der Waals surface area contributed by atoms with E-state index in [1.54, 1.807) is 31.2 Å². The Labute approximate surface area is 177 Å². The Morgan fingerprint density at radius 1 is 1.10 bits per heavy atom. The third kappa shape index (κ3) is 8.26. The van der Waals surface area contributed by atoms with Crippen LogP contribution in [0.5, 0.6) is 5.75 Å². The number of hydrogen-bond donors (Lipinski definition) is 1. The number of methoxy groups -OCH3 is 1. The van der Waals surface area contributed by atoms with Crippen molar-refractivity contribution >= 4 is 27.9 Å². The van der Waals surface area contributed by atoms with E-state index in [9.17, 15) is 13.2 Å². The largest absolute Gasteiger partial charge is 0.464 e. The van der Waals surface area contributed by atoms with Crippen LogP contribution < -0.4 is 9.50 Å². The van der Waals surface area contributed by atoms with Crippen molar-refractivity contribution in [2.75, 3.05) is 31.8 Å². The maximum atomic E-state index is 11.8. The highest BCUT2D eigenvalue weighted by Crippen LogP contribution is 2.15. The van der Waals surface area contributed by atoms with Crippen LogP contribution in [0.25, 0.3) is 6.08 Å². The monoisotopic (exact) mass is 433 g/mol. The summed E-state index contributed by atoms with van der Waals surface area (Å²) in [5.74, 6) is -0.0743. The molecular formula is C22H27NO6S. The quantitative estimate of drug-likeness (QED) is 0.430. The number of hydrogen-bond acceptors (Lipinski definition) is 7. The van der Waals surface area contributed by atoms with E-state index in [1.807, 2.05) is 36.4 Å². The summed E-state index contributed by atoms with van der Waals surface area (Å²) < 4.78 is 37.2. The molecule has 0 unspecified atom stereocenters. The van der Waals surface area contributed by atoms with Crippen LogP contribution in [0.15, 0.2) is 54.6 Å². The summed E-state index contributed by atoms with van der Waals surface area (Å²) in [5.41, 5.74) is 2.86. The van der Waals surface area contributed by atoms with Crippen molar-refractivity contribution in [3.05, 3.63) is 65.7 Å². The first-order valence-electron chi connectivity index (χ1n) is 9.49. The Kier molecular flexibility index (Phi) is 8.89. The van der Waals surface area contributed by atoms with Crippen molar-refractivity contribution < 1.29 is 26.9 Å². The van der Waals surface area contributed by atoms with Crippen molar-refractivity contribution in [3.8, 4) is 5.75 Å². The van der Waals surface area contributed by atoms with E-state index in [1.165, 1.54) is 7.11 Å². The van der Waals surface area contributed by atoms with E-state index < -0.39 is 16.2 Å². The van der Waals surface area contributed by atoms with Gasteiger partial charge >= 0.3 is 16.1 Å². The lowest BCUT2D eigenvalue weighted by Gasteiger charge is -2.14. The number of rotatable bonds is 11. The summed E-state index contributed by atoms with van der Waals surface area (Å²) in [6.07, 6.45) is 4.74. The first-order valence-corrected chi connectivity index (χ1v) is 11.3. The highest BCUT2D eigenvalue weighted by atomic mass is 32.2. The Morgan fingerprint density at radius 3 is 2.33 bits per heavy atom. The maximum Gasteiger partial charge on any atom is 0.335 e. The molecule has 30 heavy (non-hydrogen) atoms. The molecule has 1 N–H and O–H groups in total. The molecule has 0 amide bonds. The number of nitrogens with one attached hydrogen (secondary N) is 1. The van der Waals surface area contributed by atoms with Crippen molar-refractivity contribution in [3.63, 3.8) is 0 Å². The summed E-state index contributed by atoms with van der Waals surface area (Å²) in [6, 6.07) is 14.5. The van der Waals surface area contributed by atoms with E-state index in [0.717, 1.165) is 23.1 Å². The van der Waals surface area contributed by atoms with Crippen molar-refractivity contribution in [2.24, 2.45) is 0 Å². The lowest BCUT2D eigenvalue weighted by Crippen LogP contribution is -2.27. The number of ether oxygens (including phenoxy) is 2. The van der Waals surface area contributed by atoms with Gasteiger partial charge in [-0.2, -0.15) is 8.42 Å². The molecule has 0 saturated carbocycles. The normalized spacial score (nSPS) is 12.5. The van der Waals surface area contributed by atoms with Crippen LogP contribution in [0.2, 0.25) is 0 Å². The zero-order valence-electron chi connectivity index (χ0n) is 17.3. The van der Waals surface area contributed by atoms with Crippen LogP contribution in [-0.4, -0.2) is 47.0 Å². The molecule has 2 rings (SSSR count). The van der Waals surface area contributed by atoms with Gasteiger partial charge in [-0.15, -0.1) is 0 Å². The zero-order chi connectivity index (χ0) is 22.0. The molecular weight excluding hydrogens is 406 g/mol. The van der Waals surface area contributed by atoms with Gasteiger partial charge in [0, 0.05) is 25.8 Å². The van der Waals surface area contributed by atoms with Gasteiger partial charge < -0.3 is 19.0 Å². The van der Waals surface area contributed by atoms with E-state index in [0.29, 0.717) is 19.6 Å². The molecule has 0 aliphatic rings. The van der Waals surface area contributed by atoms with Crippen LogP contribution in [-0.2, 0) is 30.8 Å². The SMILES string of the molecule is CCOC(=O)[C@@H](Cc1ccc(NC/C=C/c2ccc(OS(C)(=O)=O)cc2)cc1)OC. The van der Waals surface area contributed by atoms with Crippen LogP contribution in [0.4, 0.5) is 5.69 Å². The van der Waals surface area contributed by atoms with Gasteiger partial charge in [-0.25, -0.2) is 4.79 Å². The second-order valence-electron chi connectivity index (χ2n) is 6.52. The van der Waals surface area contributed by atoms with Gasteiger partial charge in [-0.3, -0.25) is 0 Å². The average molecular weight is 434 g/mol. The number of anilines is 1. The van der Waals surface area contributed by atoms with E-state index in [4.69, 9.17) is 13.7 Å². The first kappa shape index (κ1) is 23.4. The third-order valence-corrected chi connectivity index (χ3v) is 4.57. The molecule has 0 radical (unpaired) electrons. The topological polar surface area (TPSA) is 90.9 Å². The minimum Gasteiger partial charge on any atom is -0.464 e. The number of esters is 1.